The summed E-state index contributed by atoms with van der Waals surface area (Å²) in [5, 5.41) is 1.55. The molecule has 0 aromatic heterocycles. The van der Waals surface area contributed by atoms with Gasteiger partial charge in [-0.15, -0.1) is 0 Å². The molecule has 3 heteroatoms. The monoisotopic (exact) mass is 169 g/mol. The molecular formula is C9H19N3. The summed E-state index contributed by atoms with van der Waals surface area (Å²) in [4.78, 5) is 0. The molecule has 0 amide bonds. The molecular weight excluding hydrogens is 150 g/mol. The Morgan fingerprint density at radius 3 is 2.08 bits per heavy atom. The van der Waals surface area contributed by atoms with E-state index in [1.807, 2.05) is 19.9 Å². The van der Waals surface area contributed by atoms with E-state index in [1.54, 1.807) is 12.1 Å². The standard InChI is InChI=1S/C7H13N3.C2H6/c1-10(9)7-5-3-2-4-6(7)8;1-2/h4-5H,2-3,8-9H2,1H3;1-2H3. The first-order valence-corrected chi connectivity index (χ1v) is 4.36. The molecule has 3 nitrogen and oxygen atoms in total. The predicted molar refractivity (Wildman–Crippen MR) is 52.9 cm³/mol. The van der Waals surface area contributed by atoms with Crippen LogP contribution in [0.5, 0.6) is 0 Å². The maximum absolute atomic E-state index is 5.65. The van der Waals surface area contributed by atoms with Gasteiger partial charge in [0.1, 0.15) is 0 Å². The van der Waals surface area contributed by atoms with Gasteiger partial charge < -0.3 is 10.7 Å². The lowest BCUT2D eigenvalue weighted by atomic mass is 10.1. The van der Waals surface area contributed by atoms with Crippen molar-refractivity contribution >= 4 is 0 Å². The van der Waals surface area contributed by atoms with Crippen LogP contribution in [0.3, 0.4) is 0 Å². The molecule has 0 bridgehead atoms. The smallest absolute Gasteiger partial charge is 0.0700 e. The molecule has 4 N–H and O–H groups in total. The molecule has 0 aromatic carbocycles. The van der Waals surface area contributed by atoms with Crippen molar-refractivity contribution in [2.24, 2.45) is 11.6 Å². The van der Waals surface area contributed by atoms with Gasteiger partial charge in [-0.1, -0.05) is 26.0 Å². The Balaban J connectivity index is 0.000000561. The highest BCUT2D eigenvalue weighted by atomic mass is 15.4. The van der Waals surface area contributed by atoms with Crippen LogP contribution in [-0.4, -0.2) is 12.1 Å². The zero-order valence-electron chi connectivity index (χ0n) is 8.17. The average molecular weight is 169 g/mol. The Morgan fingerprint density at radius 2 is 1.75 bits per heavy atom. The fraction of sp³-hybridized carbons (Fsp3) is 0.556. The second-order valence-corrected chi connectivity index (χ2v) is 2.44. The van der Waals surface area contributed by atoms with Gasteiger partial charge in [0.05, 0.1) is 11.4 Å². The molecule has 0 saturated heterocycles. The first-order chi connectivity index (χ1) is 5.72. The van der Waals surface area contributed by atoms with E-state index in [1.165, 1.54) is 0 Å². The molecule has 1 rings (SSSR count). The number of hydrogen-bond acceptors (Lipinski definition) is 3. The van der Waals surface area contributed by atoms with Crippen molar-refractivity contribution in [2.45, 2.75) is 26.7 Å². The van der Waals surface area contributed by atoms with Crippen LogP contribution >= 0.6 is 0 Å². The van der Waals surface area contributed by atoms with E-state index in [0.29, 0.717) is 0 Å². The summed E-state index contributed by atoms with van der Waals surface area (Å²) in [5.74, 6) is 5.50. The zero-order chi connectivity index (χ0) is 9.56. The Labute approximate surface area is 74.7 Å². The van der Waals surface area contributed by atoms with E-state index in [9.17, 15) is 0 Å². The van der Waals surface area contributed by atoms with Gasteiger partial charge in [-0.2, -0.15) is 0 Å². The average Bonchev–Trinajstić information content (AvgIpc) is 2.08. The number of hydrazine groups is 1. The predicted octanol–water partition coefficient (Wildman–Crippen LogP) is 1.34. The van der Waals surface area contributed by atoms with Crippen LogP contribution < -0.4 is 11.6 Å². The Hall–Kier alpha value is -0.960. The molecule has 1 aliphatic carbocycles. The second kappa shape index (κ2) is 5.66. The van der Waals surface area contributed by atoms with Crippen molar-refractivity contribution in [2.75, 3.05) is 7.05 Å². The SMILES string of the molecule is CC.CN(N)C1=CCCC=C1N. The normalized spacial score (nSPS) is 15.3. The number of allylic oxidation sites excluding steroid dienone is 2. The quantitative estimate of drug-likeness (QED) is 0.460. The summed E-state index contributed by atoms with van der Waals surface area (Å²) in [7, 11) is 1.79. The van der Waals surface area contributed by atoms with E-state index in [4.69, 9.17) is 11.6 Å². The van der Waals surface area contributed by atoms with Gasteiger partial charge >= 0.3 is 0 Å². The third kappa shape index (κ3) is 2.96. The van der Waals surface area contributed by atoms with E-state index < -0.39 is 0 Å². The third-order valence-electron chi connectivity index (χ3n) is 1.54. The highest BCUT2D eigenvalue weighted by Crippen LogP contribution is 2.14. The van der Waals surface area contributed by atoms with Gasteiger partial charge in [0, 0.05) is 7.05 Å². The molecule has 0 aromatic rings. The molecule has 0 unspecified atom stereocenters. The minimum absolute atomic E-state index is 0.788. The second-order valence-electron chi connectivity index (χ2n) is 2.44. The van der Waals surface area contributed by atoms with Crippen molar-refractivity contribution in [3.8, 4) is 0 Å². The van der Waals surface area contributed by atoms with Crippen LogP contribution in [0, 0.1) is 0 Å². The summed E-state index contributed by atoms with van der Waals surface area (Å²) >= 11 is 0. The fourth-order valence-electron chi connectivity index (χ4n) is 1.03. The lowest BCUT2D eigenvalue weighted by Gasteiger charge is -2.19. The molecule has 1 aliphatic rings. The van der Waals surface area contributed by atoms with Crippen molar-refractivity contribution in [1.29, 1.82) is 0 Å². The largest absolute Gasteiger partial charge is 0.397 e. The highest BCUT2D eigenvalue weighted by Gasteiger charge is 2.05. The van der Waals surface area contributed by atoms with Gasteiger partial charge in [-0.3, -0.25) is 0 Å². The molecule has 0 atom stereocenters. The van der Waals surface area contributed by atoms with E-state index in [0.717, 1.165) is 24.2 Å². The summed E-state index contributed by atoms with van der Waals surface area (Å²) in [6.45, 7) is 4.00. The van der Waals surface area contributed by atoms with Crippen LogP contribution in [-0.2, 0) is 0 Å². The molecule has 0 heterocycles. The van der Waals surface area contributed by atoms with Gasteiger partial charge in [-0.05, 0) is 12.8 Å². The minimum atomic E-state index is 0.788. The number of nitrogens with zero attached hydrogens (tertiary/aromatic N) is 1. The summed E-state index contributed by atoms with van der Waals surface area (Å²) in [6.07, 6.45) is 6.12. The molecule has 0 spiro atoms. The molecule has 0 fully saturated rings. The molecule has 70 valence electrons. The summed E-state index contributed by atoms with van der Waals surface area (Å²) < 4.78 is 0. The number of hydrogen-bond donors (Lipinski definition) is 2. The van der Waals surface area contributed by atoms with Crippen LogP contribution in [0.4, 0.5) is 0 Å². The van der Waals surface area contributed by atoms with Gasteiger partial charge in [0.25, 0.3) is 0 Å². The van der Waals surface area contributed by atoms with Crippen molar-refractivity contribution in [3.05, 3.63) is 23.5 Å². The Kier molecular flexibility index (Phi) is 5.21. The lowest BCUT2D eigenvalue weighted by molar-refractivity contribution is 0.443. The van der Waals surface area contributed by atoms with Crippen LogP contribution in [0.15, 0.2) is 23.5 Å². The van der Waals surface area contributed by atoms with Gasteiger partial charge in [0.2, 0.25) is 0 Å². The molecule has 0 aliphatic heterocycles. The number of likely N-dealkylation sites (N-methyl/N-ethyl adjacent to an activating group) is 1. The van der Waals surface area contributed by atoms with Crippen LogP contribution in [0.2, 0.25) is 0 Å². The maximum atomic E-state index is 5.65. The number of nitrogens with two attached hydrogens (primary N) is 2. The molecule has 0 radical (unpaired) electrons. The van der Waals surface area contributed by atoms with E-state index in [2.05, 4.69) is 6.08 Å². The van der Waals surface area contributed by atoms with Gasteiger partial charge in [0.15, 0.2) is 0 Å². The fourth-order valence-corrected chi connectivity index (χ4v) is 1.03. The van der Waals surface area contributed by atoms with Crippen LogP contribution in [0.1, 0.15) is 26.7 Å². The maximum Gasteiger partial charge on any atom is 0.0700 e. The van der Waals surface area contributed by atoms with Gasteiger partial charge in [-0.25, -0.2) is 5.84 Å². The lowest BCUT2D eigenvalue weighted by Crippen LogP contribution is -2.29. The Bertz CT molecular complexity index is 180. The number of rotatable bonds is 1. The third-order valence-corrected chi connectivity index (χ3v) is 1.54. The van der Waals surface area contributed by atoms with Crippen molar-refractivity contribution in [1.82, 2.24) is 5.01 Å². The minimum Gasteiger partial charge on any atom is -0.397 e. The first kappa shape index (κ1) is 11.0. The van der Waals surface area contributed by atoms with Crippen molar-refractivity contribution in [3.63, 3.8) is 0 Å². The topological polar surface area (TPSA) is 55.3 Å². The summed E-state index contributed by atoms with van der Waals surface area (Å²) in [6, 6.07) is 0. The van der Waals surface area contributed by atoms with E-state index in [-0.39, 0.29) is 0 Å². The molecule has 0 saturated carbocycles. The molecule has 12 heavy (non-hydrogen) atoms. The van der Waals surface area contributed by atoms with Crippen molar-refractivity contribution < 1.29 is 0 Å². The highest BCUT2D eigenvalue weighted by molar-refractivity contribution is 5.28. The Morgan fingerprint density at radius 1 is 1.25 bits per heavy atom. The van der Waals surface area contributed by atoms with E-state index >= 15 is 0 Å². The summed E-state index contributed by atoms with van der Waals surface area (Å²) in [5.41, 5.74) is 7.38. The zero-order valence-corrected chi connectivity index (χ0v) is 8.17. The first-order valence-electron chi connectivity index (χ1n) is 4.36. The van der Waals surface area contributed by atoms with Crippen LogP contribution in [0.25, 0.3) is 0 Å².